The van der Waals surface area contributed by atoms with Crippen molar-refractivity contribution in [2.24, 2.45) is 0 Å². The molecule has 0 unspecified atom stereocenters. The van der Waals surface area contributed by atoms with Crippen molar-refractivity contribution in [2.75, 3.05) is 16.3 Å². The number of unbranched alkanes of at least 4 members (excludes halogenated alkanes) is 1. The van der Waals surface area contributed by atoms with Crippen molar-refractivity contribution in [1.82, 2.24) is 9.38 Å². The van der Waals surface area contributed by atoms with Crippen LogP contribution in [0.3, 0.4) is 0 Å². The molecule has 48 heavy (non-hydrogen) atoms. The second kappa shape index (κ2) is 13.1. The quantitative estimate of drug-likeness (QED) is 0.162. The molecule has 0 fully saturated rings. The first-order chi connectivity index (χ1) is 23.0. The number of fused-ring (bicyclic) bond motifs is 7. The summed E-state index contributed by atoms with van der Waals surface area (Å²) >= 11 is 0. The monoisotopic (exact) mass is 802 g/mol. The molecule has 0 radical (unpaired) electrons. The summed E-state index contributed by atoms with van der Waals surface area (Å²) < 4.78 is 2.40. The van der Waals surface area contributed by atoms with E-state index in [2.05, 4.69) is 163 Å². The smallest absolute Gasteiger partial charge is 0.501 e. The molecule has 5 aromatic carbocycles. The van der Waals surface area contributed by atoms with Crippen molar-refractivity contribution in [3.63, 3.8) is 0 Å². The van der Waals surface area contributed by atoms with Gasteiger partial charge < -0.3 is 19.2 Å². The molecule has 0 N–H and O–H groups in total. The fourth-order valence-electron chi connectivity index (χ4n) is 6.78. The molecule has 1 aliphatic heterocycles. The predicted octanol–water partition coefficient (Wildman–Crippen LogP) is 11.0. The van der Waals surface area contributed by atoms with Crippen LogP contribution in [0.15, 0.2) is 109 Å². The molecular weight excluding hydrogens is 765 g/mol. The van der Waals surface area contributed by atoms with Gasteiger partial charge in [0.1, 0.15) is 0 Å². The number of anilines is 3. The van der Waals surface area contributed by atoms with Crippen molar-refractivity contribution in [1.29, 1.82) is 0 Å². The molecule has 4 nitrogen and oxygen atoms in total. The summed E-state index contributed by atoms with van der Waals surface area (Å²) in [6.45, 7) is 11.8. The van der Waals surface area contributed by atoms with E-state index in [9.17, 15) is 0 Å². The van der Waals surface area contributed by atoms with Crippen LogP contribution in [0.4, 0.5) is 17.1 Å². The molecule has 0 atom stereocenters. The normalized spacial score (nSPS) is 12.5. The second-order valence-electron chi connectivity index (χ2n) is 12.6. The summed E-state index contributed by atoms with van der Waals surface area (Å²) in [7, 11) is 0. The Bertz CT molecular complexity index is 2370. The summed E-state index contributed by atoms with van der Waals surface area (Å²) in [5.74, 6) is 0. The molecule has 0 aliphatic carbocycles. The molecule has 0 amide bonds. The minimum Gasteiger partial charge on any atom is -0.501 e. The van der Waals surface area contributed by atoms with Crippen LogP contribution in [0.5, 0.6) is 0 Å². The number of para-hydroxylation sites is 4. The van der Waals surface area contributed by atoms with E-state index in [1.807, 2.05) is 12.3 Å². The average Bonchev–Trinajstić information content (AvgIpc) is 3.76. The van der Waals surface area contributed by atoms with Crippen LogP contribution in [0, 0.1) is 39.6 Å². The number of benzene rings is 5. The molecule has 9 rings (SSSR count). The Labute approximate surface area is 296 Å². The predicted molar refractivity (Wildman–Crippen MR) is 198 cm³/mol. The summed E-state index contributed by atoms with van der Waals surface area (Å²) in [6, 6.07) is 43.8. The maximum Gasteiger partial charge on any atom is 3.00 e. The summed E-state index contributed by atoms with van der Waals surface area (Å²) in [5.41, 5.74) is 13.0. The molecule has 0 spiro atoms. The molecule has 8 aromatic rings. The van der Waals surface area contributed by atoms with Crippen LogP contribution in [-0.2, 0) is 20.1 Å². The minimum absolute atomic E-state index is 0. The Balaban J connectivity index is 0.000000193. The van der Waals surface area contributed by atoms with Crippen LogP contribution in [-0.4, -0.2) is 15.9 Å². The zero-order chi connectivity index (χ0) is 32.1. The van der Waals surface area contributed by atoms with Gasteiger partial charge in [-0.25, -0.2) is 0 Å². The van der Waals surface area contributed by atoms with E-state index in [1.54, 1.807) is 0 Å². The first-order valence-electron chi connectivity index (χ1n) is 16.5. The fraction of sp³-hybridized carbons (Fsp3) is 0.163. The topological polar surface area (TPSA) is 23.8 Å². The molecule has 0 saturated heterocycles. The second-order valence-corrected chi connectivity index (χ2v) is 12.6. The van der Waals surface area contributed by atoms with Gasteiger partial charge in [0.25, 0.3) is 0 Å². The summed E-state index contributed by atoms with van der Waals surface area (Å²) in [4.78, 5) is 9.07. The van der Waals surface area contributed by atoms with Gasteiger partial charge in [0.05, 0.1) is 5.52 Å². The van der Waals surface area contributed by atoms with Crippen LogP contribution in [0.2, 0.25) is 0 Å². The Hall–Kier alpha value is -4.70. The standard InChI is InChI=1S/C29H23N3.C14H14N.Ir/c1-2-3-17-30-19-31(27-14-7-6-13-26(27)30)20-15-16-22-24-11-8-10-23-21-9-4-5-12-25(21)32(29(23)24)28(22)18-20;1-10-4-6-13(7-5-10)14-8-11(2)12(3)9-15-14;/h4-16,19H,2-3,17H2,1H3;4-6,8-9H,1-3H3;/q-2;-1;+3. The number of hydrogen-bond acceptors (Lipinski definition) is 3. The molecule has 4 heterocycles. The van der Waals surface area contributed by atoms with E-state index in [4.69, 9.17) is 0 Å². The maximum absolute atomic E-state index is 4.41. The largest absolute Gasteiger partial charge is 3.00 e. The molecule has 3 aromatic heterocycles. The zero-order valence-corrected chi connectivity index (χ0v) is 30.1. The number of pyridine rings is 1. The van der Waals surface area contributed by atoms with E-state index < -0.39 is 0 Å². The molecule has 0 bridgehead atoms. The van der Waals surface area contributed by atoms with Gasteiger partial charge in [-0.15, -0.1) is 58.6 Å². The summed E-state index contributed by atoms with van der Waals surface area (Å²) in [5, 5.41) is 5.17. The molecule has 5 heteroatoms. The van der Waals surface area contributed by atoms with Gasteiger partial charge in [0.15, 0.2) is 0 Å². The van der Waals surface area contributed by atoms with Crippen molar-refractivity contribution < 1.29 is 20.1 Å². The molecular formula is C43H37IrN4. The SMILES string of the molecule is CCCCN1[CH-]N(c2[c-]c3c(cc2)c2cccc4c5ccccc5n3c24)c2ccccc21.Cc1c[c-]c(-c2cc(C)c(C)cn2)cc1.[Ir+3]. The van der Waals surface area contributed by atoms with E-state index in [-0.39, 0.29) is 20.1 Å². The third kappa shape index (κ3) is 5.41. The maximum atomic E-state index is 4.41. The summed E-state index contributed by atoms with van der Waals surface area (Å²) in [6.07, 6.45) is 4.28. The number of aryl methyl sites for hydroxylation is 3. The fourth-order valence-corrected chi connectivity index (χ4v) is 6.78. The molecule has 0 saturated carbocycles. The van der Waals surface area contributed by atoms with Gasteiger partial charge in [-0.05, 0) is 61.7 Å². The number of aromatic nitrogens is 2. The Morgan fingerprint density at radius 1 is 0.750 bits per heavy atom. The van der Waals surface area contributed by atoms with Crippen LogP contribution in [0.1, 0.15) is 36.5 Å². The van der Waals surface area contributed by atoms with Gasteiger partial charge in [0.2, 0.25) is 0 Å². The van der Waals surface area contributed by atoms with Gasteiger partial charge in [-0.1, -0.05) is 85.9 Å². The first kappa shape index (κ1) is 31.9. The molecule has 238 valence electrons. The number of hydrogen-bond donors (Lipinski definition) is 0. The van der Waals surface area contributed by atoms with Crippen molar-refractivity contribution in [2.45, 2.75) is 40.5 Å². The number of rotatable bonds is 5. The Kier molecular flexibility index (Phi) is 8.68. The van der Waals surface area contributed by atoms with Gasteiger partial charge in [-0.2, -0.15) is 12.7 Å². The first-order valence-corrected chi connectivity index (χ1v) is 16.5. The van der Waals surface area contributed by atoms with Crippen LogP contribution >= 0.6 is 0 Å². The van der Waals surface area contributed by atoms with E-state index in [0.29, 0.717) is 0 Å². The number of nitrogens with zero attached hydrogens (tertiary/aromatic N) is 4. The van der Waals surface area contributed by atoms with Crippen molar-refractivity contribution in [3.05, 3.63) is 145 Å². The third-order valence-corrected chi connectivity index (χ3v) is 9.45. The van der Waals surface area contributed by atoms with Gasteiger partial charge in [0, 0.05) is 33.9 Å². The van der Waals surface area contributed by atoms with Gasteiger partial charge >= 0.3 is 20.1 Å². The minimum atomic E-state index is 0. The Morgan fingerprint density at radius 2 is 1.50 bits per heavy atom. The van der Waals surface area contributed by atoms with E-state index in [0.717, 1.165) is 29.0 Å². The van der Waals surface area contributed by atoms with Crippen LogP contribution < -0.4 is 9.80 Å². The average molecular weight is 802 g/mol. The molecule has 1 aliphatic rings. The van der Waals surface area contributed by atoms with Crippen molar-refractivity contribution >= 4 is 55.2 Å². The van der Waals surface area contributed by atoms with E-state index >= 15 is 0 Å². The van der Waals surface area contributed by atoms with Gasteiger partial charge in [-0.3, -0.25) is 0 Å². The van der Waals surface area contributed by atoms with Crippen LogP contribution in [0.25, 0.3) is 49.4 Å². The van der Waals surface area contributed by atoms with Crippen molar-refractivity contribution in [3.8, 4) is 11.3 Å². The third-order valence-electron chi connectivity index (χ3n) is 9.45. The Morgan fingerprint density at radius 3 is 2.27 bits per heavy atom. The zero-order valence-electron chi connectivity index (χ0n) is 27.7. The van der Waals surface area contributed by atoms with E-state index in [1.165, 1.54) is 73.5 Å².